The number of hydrogen-bond donors (Lipinski definition) is 2. The van der Waals surface area contributed by atoms with Crippen LogP contribution in [0.5, 0.6) is 0 Å². The second kappa shape index (κ2) is 7.31. The summed E-state index contributed by atoms with van der Waals surface area (Å²) in [5, 5.41) is 5.47. The summed E-state index contributed by atoms with van der Waals surface area (Å²) in [5.74, 6) is -0.466. The molecule has 2 rings (SSSR count). The van der Waals surface area contributed by atoms with Gasteiger partial charge in [0, 0.05) is 38.3 Å². The minimum Gasteiger partial charge on any atom is -0.350 e. The molecule has 0 saturated carbocycles. The summed E-state index contributed by atoms with van der Waals surface area (Å²) in [6, 6.07) is 3.61. The fraction of sp³-hybridized carbons (Fsp3) is 0.562. The molecule has 1 fully saturated rings. The van der Waals surface area contributed by atoms with Crippen molar-refractivity contribution in [1.82, 2.24) is 15.5 Å². The molecule has 1 unspecified atom stereocenters. The molecule has 23 heavy (non-hydrogen) atoms. The van der Waals surface area contributed by atoms with Gasteiger partial charge in [-0.2, -0.15) is 13.2 Å². The van der Waals surface area contributed by atoms with Crippen molar-refractivity contribution < 1.29 is 18.0 Å². The fourth-order valence-corrected chi connectivity index (χ4v) is 2.80. The number of amides is 1. The van der Waals surface area contributed by atoms with E-state index < -0.39 is 24.7 Å². The number of nitrogens with one attached hydrogen (secondary N) is 2. The lowest BCUT2D eigenvalue weighted by Gasteiger charge is -2.35. The number of benzene rings is 1. The van der Waals surface area contributed by atoms with E-state index in [1.54, 1.807) is 19.1 Å². The highest BCUT2D eigenvalue weighted by atomic mass is 19.4. The predicted molar refractivity (Wildman–Crippen MR) is 82.5 cm³/mol. The van der Waals surface area contributed by atoms with Crippen LogP contribution in [0.4, 0.5) is 13.2 Å². The molecule has 1 heterocycles. The second-order valence-corrected chi connectivity index (χ2v) is 5.87. The van der Waals surface area contributed by atoms with Crippen LogP contribution in [0, 0.1) is 13.8 Å². The number of hydrogen-bond acceptors (Lipinski definition) is 3. The van der Waals surface area contributed by atoms with E-state index in [4.69, 9.17) is 0 Å². The average molecular weight is 329 g/mol. The van der Waals surface area contributed by atoms with E-state index in [9.17, 15) is 18.0 Å². The van der Waals surface area contributed by atoms with E-state index in [0.29, 0.717) is 31.7 Å². The highest BCUT2D eigenvalue weighted by Gasteiger charge is 2.43. The third kappa shape index (κ3) is 4.68. The van der Waals surface area contributed by atoms with Crippen LogP contribution in [-0.4, -0.2) is 55.7 Å². The first-order valence-corrected chi connectivity index (χ1v) is 7.66. The van der Waals surface area contributed by atoms with Crippen molar-refractivity contribution in [2.75, 3.05) is 32.7 Å². The normalized spacial score (nSPS) is 17.8. The number of halogens is 3. The third-order valence-electron chi connectivity index (χ3n) is 4.05. The lowest BCUT2D eigenvalue weighted by molar-refractivity contribution is -0.183. The molecule has 0 aliphatic carbocycles. The Balaban J connectivity index is 2.04. The molecule has 0 aromatic heterocycles. The zero-order valence-electron chi connectivity index (χ0n) is 13.3. The van der Waals surface area contributed by atoms with E-state index in [1.165, 1.54) is 4.90 Å². The van der Waals surface area contributed by atoms with Crippen LogP contribution in [0.15, 0.2) is 18.2 Å². The van der Waals surface area contributed by atoms with Crippen molar-refractivity contribution in [1.29, 1.82) is 0 Å². The molecule has 7 heteroatoms. The third-order valence-corrected chi connectivity index (χ3v) is 4.05. The van der Waals surface area contributed by atoms with E-state index in [-0.39, 0.29) is 0 Å². The van der Waals surface area contributed by atoms with Crippen molar-refractivity contribution in [2.45, 2.75) is 26.1 Å². The Bertz CT molecular complexity index is 554. The first-order valence-electron chi connectivity index (χ1n) is 7.66. The maximum atomic E-state index is 13.3. The average Bonchev–Trinajstić information content (AvgIpc) is 2.47. The van der Waals surface area contributed by atoms with Crippen LogP contribution in [-0.2, 0) is 0 Å². The number of aryl methyl sites for hydroxylation is 2. The van der Waals surface area contributed by atoms with E-state index in [0.717, 1.165) is 11.1 Å². The summed E-state index contributed by atoms with van der Waals surface area (Å²) < 4.78 is 39.8. The van der Waals surface area contributed by atoms with Crippen LogP contribution in [0.25, 0.3) is 0 Å². The molecule has 1 aliphatic rings. The maximum Gasteiger partial charge on any atom is 0.405 e. The molecule has 0 spiro atoms. The summed E-state index contributed by atoms with van der Waals surface area (Å²) in [6.45, 7) is 4.94. The smallest absolute Gasteiger partial charge is 0.350 e. The first kappa shape index (κ1) is 17.7. The quantitative estimate of drug-likeness (QED) is 0.886. The Hall–Kier alpha value is -1.60. The topological polar surface area (TPSA) is 44.4 Å². The molecule has 1 amide bonds. The van der Waals surface area contributed by atoms with Gasteiger partial charge in [-0.15, -0.1) is 0 Å². The van der Waals surface area contributed by atoms with Gasteiger partial charge in [0.25, 0.3) is 5.91 Å². The highest BCUT2D eigenvalue weighted by molar-refractivity contribution is 5.95. The van der Waals surface area contributed by atoms with Crippen molar-refractivity contribution in [2.24, 2.45) is 0 Å². The summed E-state index contributed by atoms with van der Waals surface area (Å²) in [4.78, 5) is 13.6. The van der Waals surface area contributed by atoms with Gasteiger partial charge in [-0.05, 0) is 25.5 Å². The lowest BCUT2D eigenvalue weighted by Crippen LogP contribution is -2.57. The number of piperazine rings is 1. The van der Waals surface area contributed by atoms with Crippen LogP contribution in [0.3, 0.4) is 0 Å². The number of carbonyl (C=O) groups is 1. The highest BCUT2D eigenvalue weighted by Crippen LogP contribution is 2.25. The van der Waals surface area contributed by atoms with Gasteiger partial charge >= 0.3 is 6.18 Å². The van der Waals surface area contributed by atoms with Gasteiger partial charge < -0.3 is 10.6 Å². The van der Waals surface area contributed by atoms with Gasteiger partial charge in [0.2, 0.25) is 0 Å². The molecular formula is C16H22F3N3O. The van der Waals surface area contributed by atoms with Crippen molar-refractivity contribution in [3.8, 4) is 0 Å². The summed E-state index contributed by atoms with van der Waals surface area (Å²) in [5.41, 5.74) is 2.18. The van der Waals surface area contributed by atoms with E-state index in [1.807, 2.05) is 13.0 Å². The zero-order valence-corrected chi connectivity index (χ0v) is 13.3. The molecule has 1 saturated heterocycles. The van der Waals surface area contributed by atoms with Crippen LogP contribution in [0.2, 0.25) is 0 Å². The standard InChI is InChI=1S/C16H22F3N3O/c1-11-3-4-13(12(2)9-11)15(23)21-10-14(16(17,18)19)22-7-5-20-6-8-22/h3-4,9,14,20H,5-8,10H2,1-2H3,(H,21,23). The number of alkyl halides is 3. The number of carbonyl (C=O) groups excluding carboxylic acids is 1. The zero-order chi connectivity index (χ0) is 17.0. The Labute approximate surface area is 134 Å². The summed E-state index contributed by atoms with van der Waals surface area (Å²) >= 11 is 0. The molecule has 1 aromatic rings. The molecule has 0 bridgehead atoms. The van der Waals surface area contributed by atoms with Crippen molar-refractivity contribution in [3.05, 3.63) is 34.9 Å². The molecule has 0 radical (unpaired) electrons. The molecule has 4 nitrogen and oxygen atoms in total. The molecule has 128 valence electrons. The van der Waals surface area contributed by atoms with E-state index in [2.05, 4.69) is 10.6 Å². The van der Waals surface area contributed by atoms with Gasteiger partial charge in [0.15, 0.2) is 0 Å². The SMILES string of the molecule is Cc1ccc(C(=O)NCC(N2CCNCC2)C(F)(F)F)c(C)c1. The maximum absolute atomic E-state index is 13.3. The lowest BCUT2D eigenvalue weighted by atomic mass is 10.1. The molecule has 1 atom stereocenters. The molecule has 1 aliphatic heterocycles. The molecule has 1 aromatic carbocycles. The number of nitrogens with zero attached hydrogens (tertiary/aromatic N) is 1. The fourth-order valence-electron chi connectivity index (χ4n) is 2.80. The molecule has 2 N–H and O–H groups in total. The Morgan fingerprint density at radius 1 is 1.30 bits per heavy atom. The Morgan fingerprint density at radius 2 is 1.96 bits per heavy atom. The van der Waals surface area contributed by atoms with Gasteiger partial charge in [0.05, 0.1) is 0 Å². The van der Waals surface area contributed by atoms with Gasteiger partial charge in [-0.3, -0.25) is 9.69 Å². The summed E-state index contributed by atoms with van der Waals surface area (Å²) in [7, 11) is 0. The minimum atomic E-state index is -4.37. The van der Waals surface area contributed by atoms with Crippen LogP contribution >= 0.6 is 0 Å². The van der Waals surface area contributed by atoms with Crippen molar-refractivity contribution in [3.63, 3.8) is 0 Å². The predicted octanol–water partition coefficient (Wildman–Crippen LogP) is 1.87. The van der Waals surface area contributed by atoms with Gasteiger partial charge in [-0.25, -0.2) is 0 Å². The van der Waals surface area contributed by atoms with Gasteiger partial charge in [-0.1, -0.05) is 17.7 Å². The van der Waals surface area contributed by atoms with Gasteiger partial charge in [0.1, 0.15) is 6.04 Å². The Morgan fingerprint density at radius 3 is 2.52 bits per heavy atom. The number of rotatable bonds is 4. The first-order chi connectivity index (χ1) is 10.8. The van der Waals surface area contributed by atoms with Crippen LogP contribution < -0.4 is 10.6 Å². The Kier molecular flexibility index (Phi) is 5.64. The minimum absolute atomic E-state index is 0.323. The van der Waals surface area contributed by atoms with Crippen LogP contribution in [0.1, 0.15) is 21.5 Å². The largest absolute Gasteiger partial charge is 0.405 e. The summed E-state index contributed by atoms with van der Waals surface area (Å²) in [6.07, 6.45) is -4.37. The molecular weight excluding hydrogens is 307 g/mol. The van der Waals surface area contributed by atoms with E-state index >= 15 is 0 Å². The monoisotopic (exact) mass is 329 g/mol. The van der Waals surface area contributed by atoms with Crippen molar-refractivity contribution >= 4 is 5.91 Å². The second-order valence-electron chi connectivity index (χ2n) is 5.87.